The van der Waals surface area contributed by atoms with Crippen molar-refractivity contribution in [2.45, 2.75) is 55.9 Å². The summed E-state index contributed by atoms with van der Waals surface area (Å²) >= 11 is 0. The quantitative estimate of drug-likeness (QED) is 0.191. The molecule has 6 aromatic rings. The number of hydrogen-bond donors (Lipinski definition) is 0. The third kappa shape index (κ3) is 3.57. The van der Waals surface area contributed by atoms with Crippen LogP contribution in [0.2, 0.25) is 0 Å². The minimum atomic E-state index is -0.324. The molecular weight excluding hydrogens is 593 g/mol. The highest BCUT2D eigenvalue weighted by Gasteiger charge is 2.58. The maximum atomic E-state index is 2.69. The van der Waals surface area contributed by atoms with E-state index in [9.17, 15) is 0 Å². The van der Waals surface area contributed by atoms with Gasteiger partial charge in [-0.2, -0.15) is 0 Å². The van der Waals surface area contributed by atoms with Crippen molar-refractivity contribution in [3.05, 3.63) is 161 Å². The fourth-order valence-electron chi connectivity index (χ4n) is 10.5. The largest absolute Gasteiger partial charge is 0.378 e. The third-order valence-electron chi connectivity index (χ3n) is 13.1. The van der Waals surface area contributed by atoms with Crippen molar-refractivity contribution in [1.29, 1.82) is 0 Å². The van der Waals surface area contributed by atoms with Crippen LogP contribution in [0, 0.1) is 0 Å². The van der Waals surface area contributed by atoms with Crippen LogP contribution in [0.1, 0.15) is 67.3 Å². The lowest BCUT2D eigenvalue weighted by atomic mass is 9.61. The van der Waals surface area contributed by atoms with Gasteiger partial charge >= 0.3 is 0 Å². The van der Waals surface area contributed by atoms with E-state index < -0.39 is 0 Å². The number of hydrogen-bond acceptors (Lipinski definition) is 2. The number of benzene rings is 6. The molecule has 1 saturated carbocycles. The summed E-state index contributed by atoms with van der Waals surface area (Å²) in [4.78, 5) is 4.87. The van der Waals surface area contributed by atoms with E-state index in [4.69, 9.17) is 0 Å². The molecule has 1 heterocycles. The zero-order valence-corrected chi connectivity index (χ0v) is 28.9. The molecule has 2 nitrogen and oxygen atoms in total. The Hall–Kier alpha value is -5.08. The van der Waals surface area contributed by atoms with E-state index in [2.05, 4.69) is 171 Å². The molecule has 49 heavy (non-hydrogen) atoms. The summed E-state index contributed by atoms with van der Waals surface area (Å²) in [6.45, 7) is 5.07. The fourth-order valence-corrected chi connectivity index (χ4v) is 10.5. The van der Waals surface area contributed by atoms with Crippen molar-refractivity contribution in [2.75, 3.05) is 23.9 Å². The van der Waals surface area contributed by atoms with E-state index in [0.29, 0.717) is 0 Å². The van der Waals surface area contributed by atoms with E-state index in [0.717, 1.165) is 0 Å². The lowest BCUT2D eigenvalue weighted by molar-refractivity contribution is 0.195. The SMILES string of the molecule is CN(C)c1ccc(N2c3ccc(-c4ccc5c(c4)C4(c6ccccc6-c6ccccc64)c4ccccc4-5)cc3C3(C)CCCCC23C)cc1. The molecule has 2 atom stereocenters. The summed E-state index contributed by atoms with van der Waals surface area (Å²) in [6, 6.07) is 51.2. The molecule has 240 valence electrons. The van der Waals surface area contributed by atoms with Gasteiger partial charge in [0.2, 0.25) is 0 Å². The molecule has 0 saturated heterocycles. The Balaban J connectivity index is 1.17. The number of nitrogens with zero attached hydrogens (tertiary/aromatic N) is 2. The Morgan fingerprint density at radius 1 is 0.510 bits per heavy atom. The third-order valence-corrected chi connectivity index (χ3v) is 13.1. The highest BCUT2D eigenvalue weighted by molar-refractivity contribution is 5.96. The second-order valence-corrected chi connectivity index (χ2v) is 15.4. The van der Waals surface area contributed by atoms with Gasteiger partial charge in [0.1, 0.15) is 0 Å². The Morgan fingerprint density at radius 3 is 1.61 bits per heavy atom. The zero-order valence-electron chi connectivity index (χ0n) is 28.9. The number of anilines is 3. The van der Waals surface area contributed by atoms with Gasteiger partial charge in [0.15, 0.2) is 0 Å². The number of fused-ring (bicyclic) bond motifs is 13. The predicted molar refractivity (Wildman–Crippen MR) is 205 cm³/mol. The summed E-state index contributed by atoms with van der Waals surface area (Å²) in [5.41, 5.74) is 18.8. The topological polar surface area (TPSA) is 6.48 Å². The van der Waals surface area contributed by atoms with Crippen LogP contribution in [0.15, 0.2) is 133 Å². The van der Waals surface area contributed by atoms with Crippen LogP contribution < -0.4 is 9.80 Å². The van der Waals surface area contributed by atoms with Crippen LogP contribution in [0.4, 0.5) is 17.1 Å². The van der Waals surface area contributed by atoms with Gasteiger partial charge in [0.25, 0.3) is 0 Å². The number of rotatable bonds is 3. The molecule has 1 spiro atoms. The Morgan fingerprint density at radius 2 is 1.02 bits per heavy atom. The molecule has 0 radical (unpaired) electrons. The summed E-state index contributed by atoms with van der Waals surface area (Å²) in [5, 5.41) is 0. The molecule has 4 aliphatic rings. The maximum absolute atomic E-state index is 2.69. The molecular formula is C47H42N2. The fraction of sp³-hybridized carbons (Fsp3) is 0.234. The van der Waals surface area contributed by atoms with Gasteiger partial charge < -0.3 is 9.80 Å². The van der Waals surface area contributed by atoms with Gasteiger partial charge in [0.05, 0.1) is 11.0 Å². The van der Waals surface area contributed by atoms with Crippen LogP contribution in [0.3, 0.4) is 0 Å². The van der Waals surface area contributed by atoms with Crippen molar-refractivity contribution >= 4 is 17.1 Å². The molecule has 0 amide bonds. The van der Waals surface area contributed by atoms with Crippen molar-refractivity contribution in [1.82, 2.24) is 0 Å². The van der Waals surface area contributed by atoms with E-state index in [1.807, 2.05) is 0 Å². The standard InChI is InChI=1S/C47H42N2/c1-45-27-11-12-28-46(45,2)49(34-23-21-33(22-24-34)48(3)4)44-26-20-32(30-43(44)45)31-19-25-38-37-15-7-10-18-41(37)47(42(38)29-31)39-16-8-5-13-35(39)36-14-6-9-17-40(36)47/h5-10,13-26,29-30H,11-12,27-28H2,1-4H3. The first-order valence-electron chi connectivity index (χ1n) is 18.0. The predicted octanol–water partition coefficient (Wildman–Crippen LogP) is 11.5. The van der Waals surface area contributed by atoms with E-state index in [1.54, 1.807) is 0 Å². The van der Waals surface area contributed by atoms with Gasteiger partial charge in [-0.1, -0.05) is 111 Å². The lowest BCUT2D eigenvalue weighted by Crippen LogP contribution is -2.54. The van der Waals surface area contributed by atoms with E-state index in [1.165, 1.54) is 104 Å². The van der Waals surface area contributed by atoms with Gasteiger partial charge in [-0.3, -0.25) is 0 Å². The van der Waals surface area contributed by atoms with Crippen LogP contribution in [0.25, 0.3) is 33.4 Å². The Kier molecular flexibility index (Phi) is 5.89. The van der Waals surface area contributed by atoms with Gasteiger partial charge in [0, 0.05) is 36.6 Å². The van der Waals surface area contributed by atoms with E-state index in [-0.39, 0.29) is 16.4 Å². The highest BCUT2D eigenvalue weighted by atomic mass is 15.3. The summed E-state index contributed by atoms with van der Waals surface area (Å²) in [6.07, 6.45) is 4.96. The molecule has 2 heteroatoms. The lowest BCUT2D eigenvalue weighted by Gasteiger charge is -2.50. The Labute approximate surface area is 290 Å². The average molecular weight is 635 g/mol. The second kappa shape index (κ2) is 9.98. The van der Waals surface area contributed by atoms with Crippen LogP contribution >= 0.6 is 0 Å². The molecule has 1 fully saturated rings. The normalized spacial score (nSPS) is 21.8. The summed E-state index contributed by atoms with van der Waals surface area (Å²) < 4.78 is 0. The smallest absolute Gasteiger partial charge is 0.0725 e. The first kappa shape index (κ1) is 28.9. The van der Waals surface area contributed by atoms with Crippen LogP contribution in [-0.4, -0.2) is 19.6 Å². The highest BCUT2D eigenvalue weighted by Crippen LogP contribution is 2.64. The molecule has 6 aromatic carbocycles. The molecule has 10 rings (SSSR count). The van der Waals surface area contributed by atoms with Crippen molar-refractivity contribution < 1.29 is 0 Å². The van der Waals surface area contributed by atoms with Crippen molar-refractivity contribution in [3.8, 4) is 33.4 Å². The minimum absolute atomic E-state index is 0.0206. The average Bonchev–Trinajstić information content (AvgIpc) is 3.68. The molecule has 3 aliphatic carbocycles. The molecule has 0 aromatic heterocycles. The van der Waals surface area contributed by atoms with Crippen LogP contribution in [0.5, 0.6) is 0 Å². The second-order valence-electron chi connectivity index (χ2n) is 15.4. The Bertz CT molecular complexity index is 2250. The van der Waals surface area contributed by atoms with Crippen molar-refractivity contribution in [3.63, 3.8) is 0 Å². The molecule has 1 aliphatic heterocycles. The van der Waals surface area contributed by atoms with Crippen LogP contribution in [-0.2, 0) is 10.8 Å². The molecule has 0 bridgehead atoms. The van der Waals surface area contributed by atoms with Crippen molar-refractivity contribution in [2.24, 2.45) is 0 Å². The van der Waals surface area contributed by atoms with Gasteiger partial charge in [-0.05, 0) is 123 Å². The summed E-state index contributed by atoms with van der Waals surface area (Å²) in [7, 11) is 4.23. The molecule has 2 unspecified atom stereocenters. The first-order valence-corrected chi connectivity index (χ1v) is 18.0. The summed E-state index contributed by atoms with van der Waals surface area (Å²) in [5.74, 6) is 0. The molecule has 0 N–H and O–H groups in total. The monoisotopic (exact) mass is 634 g/mol. The van der Waals surface area contributed by atoms with E-state index >= 15 is 0 Å². The van der Waals surface area contributed by atoms with Gasteiger partial charge in [-0.25, -0.2) is 0 Å². The zero-order chi connectivity index (χ0) is 33.1. The van der Waals surface area contributed by atoms with Gasteiger partial charge in [-0.15, -0.1) is 0 Å². The maximum Gasteiger partial charge on any atom is 0.0725 e. The first-order chi connectivity index (χ1) is 23.9. The minimum Gasteiger partial charge on any atom is -0.378 e.